The van der Waals surface area contributed by atoms with Gasteiger partial charge in [0.25, 0.3) is 0 Å². The molecular formula is C54H41N. The zero-order chi connectivity index (χ0) is 36.3. The van der Waals surface area contributed by atoms with E-state index in [-0.39, 0.29) is 0 Å². The molecule has 8 aromatic carbocycles. The number of nitrogens with zero attached hydrogens (tertiary/aromatic N) is 1. The second kappa shape index (κ2) is 13.1. The van der Waals surface area contributed by atoms with E-state index >= 15 is 0 Å². The second-order valence-corrected chi connectivity index (χ2v) is 15.5. The third kappa shape index (κ3) is 5.45. The molecule has 0 spiro atoms. The SMILES string of the molecule is c1ccc(N(c2ccc(-c3ccc(C4CCC5=C(c6ccccc6CC5)c5c4ccc4ccccc54)cc3)cc2)c2ccc3c(c2)-c2ccccc2C3)cc1. The predicted octanol–water partition coefficient (Wildman–Crippen LogP) is 14.2. The molecule has 1 atom stereocenters. The average Bonchev–Trinajstić information content (AvgIpc) is 3.53. The summed E-state index contributed by atoms with van der Waals surface area (Å²) in [4.78, 5) is 2.38. The van der Waals surface area contributed by atoms with E-state index in [1.54, 1.807) is 5.57 Å². The Kier molecular flexibility index (Phi) is 7.66. The van der Waals surface area contributed by atoms with Crippen LogP contribution in [0, 0.1) is 0 Å². The maximum Gasteiger partial charge on any atom is 0.0467 e. The highest BCUT2D eigenvalue weighted by Crippen LogP contribution is 2.49. The smallest absolute Gasteiger partial charge is 0.0467 e. The number of hydrogen-bond acceptors (Lipinski definition) is 1. The maximum atomic E-state index is 2.43. The Balaban J connectivity index is 0.933. The van der Waals surface area contributed by atoms with Gasteiger partial charge in [0.15, 0.2) is 0 Å². The number of fused-ring (bicyclic) bond motifs is 9. The molecule has 0 N–H and O–H groups in total. The van der Waals surface area contributed by atoms with Crippen LogP contribution in [0.4, 0.5) is 17.1 Å². The van der Waals surface area contributed by atoms with Crippen molar-refractivity contribution in [3.8, 4) is 22.3 Å². The molecule has 262 valence electrons. The monoisotopic (exact) mass is 703 g/mol. The summed E-state index contributed by atoms with van der Waals surface area (Å²) < 4.78 is 0. The van der Waals surface area contributed by atoms with Crippen LogP contribution in [0.2, 0.25) is 0 Å². The van der Waals surface area contributed by atoms with E-state index in [0.29, 0.717) is 5.92 Å². The lowest BCUT2D eigenvalue weighted by atomic mass is 9.78. The Morgan fingerprint density at radius 3 is 1.93 bits per heavy atom. The van der Waals surface area contributed by atoms with Gasteiger partial charge in [-0.2, -0.15) is 0 Å². The van der Waals surface area contributed by atoms with Crippen molar-refractivity contribution in [3.05, 3.63) is 227 Å². The van der Waals surface area contributed by atoms with Gasteiger partial charge in [0.1, 0.15) is 0 Å². The van der Waals surface area contributed by atoms with Gasteiger partial charge in [-0.25, -0.2) is 0 Å². The largest absolute Gasteiger partial charge is 0.310 e. The van der Waals surface area contributed by atoms with E-state index in [1.165, 1.54) is 83.2 Å². The van der Waals surface area contributed by atoms with Crippen LogP contribution in [0.3, 0.4) is 0 Å². The Morgan fingerprint density at radius 1 is 0.436 bits per heavy atom. The van der Waals surface area contributed by atoms with Crippen LogP contribution in [0.1, 0.15) is 64.1 Å². The normalized spacial score (nSPS) is 15.4. The molecule has 3 aliphatic rings. The van der Waals surface area contributed by atoms with E-state index in [9.17, 15) is 0 Å². The fourth-order valence-corrected chi connectivity index (χ4v) is 9.81. The minimum absolute atomic E-state index is 0.340. The van der Waals surface area contributed by atoms with E-state index in [1.807, 2.05) is 0 Å². The van der Waals surface area contributed by atoms with Gasteiger partial charge in [0, 0.05) is 23.0 Å². The number of anilines is 3. The van der Waals surface area contributed by atoms with E-state index in [4.69, 9.17) is 0 Å². The van der Waals surface area contributed by atoms with Crippen LogP contribution >= 0.6 is 0 Å². The fourth-order valence-electron chi connectivity index (χ4n) is 9.81. The van der Waals surface area contributed by atoms with Crippen molar-refractivity contribution in [1.82, 2.24) is 0 Å². The summed E-state index contributed by atoms with van der Waals surface area (Å²) in [6.45, 7) is 0. The molecule has 0 aromatic heterocycles. The summed E-state index contributed by atoms with van der Waals surface area (Å²) in [5.74, 6) is 0.340. The molecule has 11 rings (SSSR count). The van der Waals surface area contributed by atoms with Crippen LogP contribution < -0.4 is 4.90 Å². The van der Waals surface area contributed by atoms with Gasteiger partial charge < -0.3 is 4.90 Å². The average molecular weight is 704 g/mol. The number of allylic oxidation sites excluding steroid dienone is 1. The number of benzene rings is 8. The van der Waals surface area contributed by atoms with Crippen molar-refractivity contribution < 1.29 is 0 Å². The molecule has 3 aliphatic carbocycles. The van der Waals surface area contributed by atoms with Crippen molar-refractivity contribution in [1.29, 1.82) is 0 Å². The first-order valence-corrected chi connectivity index (χ1v) is 19.9. The molecule has 1 heteroatoms. The van der Waals surface area contributed by atoms with Crippen LogP contribution in [0.5, 0.6) is 0 Å². The van der Waals surface area contributed by atoms with Crippen LogP contribution in [0.25, 0.3) is 38.6 Å². The molecule has 1 nitrogen and oxygen atoms in total. The molecule has 55 heavy (non-hydrogen) atoms. The van der Waals surface area contributed by atoms with Gasteiger partial charge in [-0.3, -0.25) is 0 Å². The topological polar surface area (TPSA) is 3.24 Å². The molecule has 1 unspecified atom stereocenters. The molecule has 0 fully saturated rings. The number of aryl methyl sites for hydroxylation is 1. The van der Waals surface area contributed by atoms with Gasteiger partial charge in [-0.05, 0) is 146 Å². The fraction of sp³-hybridized carbons (Fsp3) is 0.111. The van der Waals surface area contributed by atoms with Crippen molar-refractivity contribution >= 4 is 33.4 Å². The Hall–Kier alpha value is -6.44. The molecule has 0 aliphatic heterocycles. The molecule has 0 bridgehead atoms. The van der Waals surface area contributed by atoms with E-state index in [0.717, 1.165) is 43.5 Å². The first kappa shape index (κ1) is 32.0. The lowest BCUT2D eigenvalue weighted by Gasteiger charge is -2.26. The van der Waals surface area contributed by atoms with Gasteiger partial charge in [0.2, 0.25) is 0 Å². The van der Waals surface area contributed by atoms with Gasteiger partial charge in [-0.1, -0.05) is 151 Å². The molecular weight excluding hydrogens is 663 g/mol. The lowest BCUT2D eigenvalue weighted by molar-refractivity contribution is 0.699. The minimum atomic E-state index is 0.340. The quantitative estimate of drug-likeness (QED) is 0.172. The minimum Gasteiger partial charge on any atom is -0.310 e. The predicted molar refractivity (Wildman–Crippen MR) is 231 cm³/mol. The second-order valence-electron chi connectivity index (χ2n) is 15.5. The summed E-state index contributed by atoms with van der Waals surface area (Å²) in [6.07, 6.45) is 5.55. The Morgan fingerprint density at radius 2 is 1.09 bits per heavy atom. The van der Waals surface area contributed by atoms with Crippen molar-refractivity contribution in [3.63, 3.8) is 0 Å². The molecule has 0 saturated carbocycles. The van der Waals surface area contributed by atoms with Crippen LogP contribution in [-0.4, -0.2) is 0 Å². The standard InChI is InChI=1S/C54H41N/c1-2-13-44(14-3-1)55(46-31-26-43-34-42-12-6-7-15-47(42)52(43)35-46)45-29-24-37(25-30-45)36-18-20-40(21-19-36)48-32-28-41-23-22-38-10-4-8-16-49(38)53(41)54-50-17-9-5-11-39(50)27-33-51(48)54/h1-21,24-27,29-31,33,35,48H,22-23,28,32,34H2. The zero-order valence-electron chi connectivity index (χ0n) is 30.9. The first-order valence-electron chi connectivity index (χ1n) is 19.9. The van der Waals surface area contributed by atoms with Gasteiger partial charge in [0.05, 0.1) is 0 Å². The van der Waals surface area contributed by atoms with E-state index < -0.39 is 0 Å². The Bertz CT molecular complexity index is 2770. The maximum absolute atomic E-state index is 2.43. The summed E-state index contributed by atoms with van der Waals surface area (Å²) >= 11 is 0. The Labute approximate surface area is 323 Å². The van der Waals surface area contributed by atoms with Crippen LogP contribution in [-0.2, 0) is 12.8 Å². The van der Waals surface area contributed by atoms with Crippen LogP contribution in [0.15, 0.2) is 188 Å². The number of hydrogen-bond donors (Lipinski definition) is 0. The molecule has 8 aromatic rings. The van der Waals surface area contributed by atoms with Crippen molar-refractivity contribution in [2.45, 2.75) is 38.0 Å². The van der Waals surface area contributed by atoms with Gasteiger partial charge >= 0.3 is 0 Å². The summed E-state index contributed by atoms with van der Waals surface area (Å²) in [6, 6.07) is 68.0. The van der Waals surface area contributed by atoms with Gasteiger partial charge in [-0.15, -0.1) is 0 Å². The summed E-state index contributed by atoms with van der Waals surface area (Å²) in [5.41, 5.74) is 21.8. The summed E-state index contributed by atoms with van der Waals surface area (Å²) in [5, 5.41) is 2.70. The zero-order valence-corrected chi connectivity index (χ0v) is 30.9. The highest BCUT2D eigenvalue weighted by molar-refractivity contribution is 6.01. The molecule has 0 heterocycles. The third-order valence-electron chi connectivity index (χ3n) is 12.5. The van der Waals surface area contributed by atoms with E-state index in [2.05, 4.69) is 187 Å². The van der Waals surface area contributed by atoms with Crippen molar-refractivity contribution in [2.24, 2.45) is 0 Å². The third-order valence-corrected chi connectivity index (χ3v) is 12.5. The highest BCUT2D eigenvalue weighted by Gasteiger charge is 2.30. The highest BCUT2D eigenvalue weighted by atomic mass is 15.1. The van der Waals surface area contributed by atoms with Crippen molar-refractivity contribution in [2.75, 3.05) is 4.90 Å². The first-order chi connectivity index (χ1) is 27.3. The molecule has 0 radical (unpaired) electrons. The molecule has 0 saturated heterocycles. The number of para-hydroxylation sites is 1. The summed E-state index contributed by atoms with van der Waals surface area (Å²) in [7, 11) is 0. The molecule has 0 amide bonds. The lowest BCUT2D eigenvalue weighted by Crippen LogP contribution is -2.10. The number of rotatable bonds is 5.